The molecular formula is C20H19NO3S. The van der Waals surface area contributed by atoms with E-state index >= 15 is 0 Å². The van der Waals surface area contributed by atoms with Gasteiger partial charge in [-0.15, -0.1) is 0 Å². The summed E-state index contributed by atoms with van der Waals surface area (Å²) in [5.41, 5.74) is 3.38. The third-order valence-corrected chi connectivity index (χ3v) is 5.25. The van der Waals surface area contributed by atoms with Gasteiger partial charge in [-0.1, -0.05) is 48.5 Å². The van der Waals surface area contributed by atoms with Gasteiger partial charge >= 0.3 is 0 Å². The van der Waals surface area contributed by atoms with Crippen LogP contribution >= 0.6 is 0 Å². The first kappa shape index (κ1) is 17.0. The Labute approximate surface area is 148 Å². The molecule has 128 valence electrons. The molecule has 25 heavy (non-hydrogen) atoms. The highest BCUT2D eigenvalue weighted by atomic mass is 32.2. The fourth-order valence-corrected chi connectivity index (χ4v) is 3.62. The highest BCUT2D eigenvalue weighted by molar-refractivity contribution is 7.92. The summed E-state index contributed by atoms with van der Waals surface area (Å²) >= 11 is 0. The van der Waals surface area contributed by atoms with Crippen LogP contribution < -0.4 is 9.46 Å². The quantitative estimate of drug-likeness (QED) is 0.736. The van der Waals surface area contributed by atoms with Gasteiger partial charge in [-0.2, -0.15) is 0 Å². The molecule has 5 heteroatoms. The Bertz CT molecular complexity index is 966. The predicted octanol–water partition coefficient (Wildman–Crippen LogP) is 4.47. The first-order chi connectivity index (χ1) is 12.0. The highest BCUT2D eigenvalue weighted by Gasteiger charge is 2.16. The molecule has 0 radical (unpaired) electrons. The van der Waals surface area contributed by atoms with E-state index in [1.807, 2.05) is 43.3 Å². The van der Waals surface area contributed by atoms with Crippen molar-refractivity contribution in [1.82, 2.24) is 0 Å². The summed E-state index contributed by atoms with van der Waals surface area (Å²) in [6.45, 7) is 1.89. The molecule has 0 heterocycles. The predicted molar refractivity (Wildman–Crippen MR) is 100 cm³/mol. The highest BCUT2D eigenvalue weighted by Crippen LogP contribution is 2.28. The smallest absolute Gasteiger partial charge is 0.262 e. The van der Waals surface area contributed by atoms with Gasteiger partial charge in [0.2, 0.25) is 0 Å². The van der Waals surface area contributed by atoms with E-state index in [2.05, 4.69) is 4.72 Å². The van der Waals surface area contributed by atoms with Gasteiger partial charge in [0.25, 0.3) is 10.0 Å². The molecule has 0 saturated carbocycles. The Morgan fingerprint density at radius 2 is 1.48 bits per heavy atom. The summed E-state index contributed by atoms with van der Waals surface area (Å²) in [7, 11) is -2.18. The molecule has 0 spiro atoms. The molecule has 0 aliphatic carbocycles. The van der Waals surface area contributed by atoms with Crippen molar-refractivity contribution in [3.63, 3.8) is 0 Å². The molecule has 4 nitrogen and oxygen atoms in total. The zero-order valence-electron chi connectivity index (χ0n) is 14.1. The van der Waals surface area contributed by atoms with E-state index in [1.54, 1.807) is 36.4 Å². The van der Waals surface area contributed by atoms with Crippen molar-refractivity contribution in [2.75, 3.05) is 11.8 Å². The maximum Gasteiger partial charge on any atom is 0.262 e. The van der Waals surface area contributed by atoms with Gasteiger partial charge in [0.15, 0.2) is 0 Å². The minimum atomic E-state index is -3.69. The number of benzene rings is 3. The summed E-state index contributed by atoms with van der Waals surface area (Å²) in [5.74, 6) is 0.482. The number of rotatable bonds is 5. The molecule has 1 N–H and O–H groups in total. The Morgan fingerprint density at radius 1 is 0.840 bits per heavy atom. The van der Waals surface area contributed by atoms with Crippen LogP contribution in [0.3, 0.4) is 0 Å². The molecule has 0 aliphatic rings. The molecule has 3 aromatic carbocycles. The van der Waals surface area contributed by atoms with Crippen LogP contribution in [0.25, 0.3) is 11.1 Å². The molecule has 0 atom stereocenters. The fourth-order valence-electron chi connectivity index (χ4n) is 2.56. The van der Waals surface area contributed by atoms with Gasteiger partial charge in [0.1, 0.15) is 5.75 Å². The number of hydrogen-bond donors (Lipinski definition) is 1. The van der Waals surface area contributed by atoms with Crippen molar-refractivity contribution in [3.05, 3.63) is 78.4 Å². The van der Waals surface area contributed by atoms with E-state index in [0.717, 1.165) is 16.7 Å². The van der Waals surface area contributed by atoms with E-state index in [0.29, 0.717) is 11.4 Å². The van der Waals surface area contributed by atoms with E-state index in [9.17, 15) is 8.42 Å². The molecule has 0 bridgehead atoms. The van der Waals surface area contributed by atoms with E-state index < -0.39 is 10.0 Å². The molecule has 3 aromatic rings. The number of hydrogen-bond acceptors (Lipinski definition) is 3. The molecule has 0 aliphatic heterocycles. The third-order valence-electron chi connectivity index (χ3n) is 3.87. The van der Waals surface area contributed by atoms with Crippen LogP contribution in [-0.4, -0.2) is 15.5 Å². The van der Waals surface area contributed by atoms with Gasteiger partial charge in [-0.25, -0.2) is 8.42 Å². The largest absolute Gasteiger partial charge is 0.495 e. The van der Waals surface area contributed by atoms with Crippen molar-refractivity contribution < 1.29 is 13.2 Å². The average Bonchev–Trinajstić information content (AvgIpc) is 2.62. The van der Waals surface area contributed by atoms with Crippen molar-refractivity contribution in [1.29, 1.82) is 0 Å². The number of sulfonamides is 1. The second-order valence-electron chi connectivity index (χ2n) is 5.70. The Morgan fingerprint density at radius 3 is 2.12 bits per heavy atom. The standard InChI is InChI=1S/C20H19NO3S/c1-15-8-13-20(24-2)19(14-15)21-25(22,23)18-11-9-17(10-12-18)16-6-4-3-5-7-16/h3-14,21H,1-2H3. The van der Waals surface area contributed by atoms with Crippen LogP contribution in [0, 0.1) is 6.92 Å². The van der Waals surface area contributed by atoms with Crippen LogP contribution in [-0.2, 0) is 10.0 Å². The second-order valence-corrected chi connectivity index (χ2v) is 7.38. The Hall–Kier alpha value is -2.79. The topological polar surface area (TPSA) is 55.4 Å². The van der Waals surface area contributed by atoms with Gasteiger partial charge < -0.3 is 4.74 Å². The molecule has 0 aromatic heterocycles. The maximum atomic E-state index is 12.7. The van der Waals surface area contributed by atoms with Crippen molar-refractivity contribution >= 4 is 15.7 Å². The van der Waals surface area contributed by atoms with E-state index in [1.165, 1.54) is 7.11 Å². The minimum Gasteiger partial charge on any atom is -0.495 e. The average molecular weight is 353 g/mol. The lowest BCUT2D eigenvalue weighted by Crippen LogP contribution is -2.13. The van der Waals surface area contributed by atoms with Crippen LogP contribution in [0.4, 0.5) is 5.69 Å². The molecule has 0 fully saturated rings. The number of nitrogens with one attached hydrogen (secondary N) is 1. The summed E-state index contributed by atoms with van der Waals surface area (Å²) in [6, 6.07) is 22.0. The van der Waals surface area contributed by atoms with Crippen molar-refractivity contribution in [2.24, 2.45) is 0 Å². The normalized spacial score (nSPS) is 11.1. The molecular weight excluding hydrogens is 334 g/mol. The van der Waals surface area contributed by atoms with Gasteiger partial charge in [0, 0.05) is 0 Å². The van der Waals surface area contributed by atoms with Crippen molar-refractivity contribution in [2.45, 2.75) is 11.8 Å². The van der Waals surface area contributed by atoms with Gasteiger partial charge in [-0.3, -0.25) is 4.72 Å². The van der Waals surface area contributed by atoms with Crippen LogP contribution in [0.5, 0.6) is 5.75 Å². The minimum absolute atomic E-state index is 0.204. The molecule has 3 rings (SSSR count). The third kappa shape index (κ3) is 3.83. The summed E-state index contributed by atoms with van der Waals surface area (Å²) < 4.78 is 33.2. The van der Waals surface area contributed by atoms with E-state index in [-0.39, 0.29) is 4.90 Å². The SMILES string of the molecule is COc1ccc(C)cc1NS(=O)(=O)c1ccc(-c2ccccc2)cc1. The maximum absolute atomic E-state index is 12.7. The molecule has 0 amide bonds. The Balaban J connectivity index is 1.89. The lowest BCUT2D eigenvalue weighted by molar-refractivity contribution is 0.417. The fraction of sp³-hybridized carbons (Fsp3) is 0.100. The lowest BCUT2D eigenvalue weighted by Gasteiger charge is -2.13. The zero-order valence-corrected chi connectivity index (χ0v) is 14.9. The molecule has 0 saturated heterocycles. The van der Waals surface area contributed by atoms with Crippen LogP contribution in [0.15, 0.2) is 77.7 Å². The number of methoxy groups -OCH3 is 1. The van der Waals surface area contributed by atoms with Crippen LogP contribution in [0.1, 0.15) is 5.56 Å². The first-order valence-corrected chi connectivity index (χ1v) is 9.31. The number of aryl methyl sites for hydroxylation is 1. The second kappa shape index (κ2) is 6.99. The first-order valence-electron chi connectivity index (χ1n) is 7.82. The lowest BCUT2D eigenvalue weighted by atomic mass is 10.1. The Kier molecular flexibility index (Phi) is 4.76. The summed E-state index contributed by atoms with van der Waals surface area (Å²) in [5, 5.41) is 0. The van der Waals surface area contributed by atoms with Gasteiger partial charge in [-0.05, 0) is 47.9 Å². The van der Waals surface area contributed by atoms with Gasteiger partial charge in [0.05, 0.1) is 17.7 Å². The number of ether oxygens (including phenoxy) is 1. The van der Waals surface area contributed by atoms with Crippen molar-refractivity contribution in [3.8, 4) is 16.9 Å². The van der Waals surface area contributed by atoms with Crippen LogP contribution in [0.2, 0.25) is 0 Å². The summed E-state index contributed by atoms with van der Waals surface area (Å²) in [4.78, 5) is 0.204. The van der Waals surface area contributed by atoms with E-state index in [4.69, 9.17) is 4.74 Å². The monoisotopic (exact) mass is 353 g/mol. The number of anilines is 1. The summed E-state index contributed by atoms with van der Waals surface area (Å²) in [6.07, 6.45) is 0. The molecule has 0 unspecified atom stereocenters. The zero-order chi connectivity index (χ0) is 17.9.